The van der Waals surface area contributed by atoms with Gasteiger partial charge < -0.3 is 4.90 Å². The number of thioether (sulfide) groups is 1. The summed E-state index contributed by atoms with van der Waals surface area (Å²) in [5, 5.41) is 0.802. The van der Waals surface area contributed by atoms with Gasteiger partial charge in [-0.2, -0.15) is 0 Å². The van der Waals surface area contributed by atoms with Crippen molar-refractivity contribution in [3.63, 3.8) is 0 Å². The number of nitrogens with zero attached hydrogens (tertiary/aromatic N) is 3. The van der Waals surface area contributed by atoms with Crippen LogP contribution in [0.5, 0.6) is 0 Å². The van der Waals surface area contributed by atoms with Gasteiger partial charge in [0.2, 0.25) is 5.91 Å². The lowest BCUT2D eigenvalue weighted by molar-refractivity contribution is -0.116. The second-order valence-electron chi connectivity index (χ2n) is 7.09. The quantitative estimate of drug-likeness (QED) is 0.430. The van der Waals surface area contributed by atoms with Crippen LogP contribution in [0.4, 0.5) is 5.13 Å². The average molecular weight is 428 g/mol. The van der Waals surface area contributed by atoms with Gasteiger partial charge in [0.25, 0.3) is 0 Å². The number of hydrogen-bond acceptors (Lipinski definition) is 5. The van der Waals surface area contributed by atoms with Crippen LogP contribution in [0.2, 0.25) is 0 Å². The summed E-state index contributed by atoms with van der Waals surface area (Å²) in [5.74, 6) is 0.524. The van der Waals surface area contributed by atoms with E-state index in [9.17, 15) is 4.79 Å². The number of likely N-dealkylation sites (N-methyl/N-ethyl adjacent to an activating group) is 1. The molecule has 3 rings (SSSR count). The molecule has 4 nitrogen and oxygen atoms in total. The van der Waals surface area contributed by atoms with Crippen LogP contribution >= 0.6 is 23.1 Å². The van der Waals surface area contributed by atoms with Crippen molar-refractivity contribution in [1.29, 1.82) is 0 Å². The van der Waals surface area contributed by atoms with Crippen molar-refractivity contribution in [2.75, 3.05) is 36.8 Å². The first-order chi connectivity index (χ1) is 14.0. The van der Waals surface area contributed by atoms with E-state index in [0.29, 0.717) is 12.3 Å². The van der Waals surface area contributed by atoms with Gasteiger partial charge in [-0.1, -0.05) is 55.0 Å². The molecule has 0 unspecified atom stereocenters. The highest BCUT2D eigenvalue weighted by atomic mass is 32.2. The Morgan fingerprint density at radius 1 is 1.03 bits per heavy atom. The van der Waals surface area contributed by atoms with Crippen molar-refractivity contribution >= 4 is 44.4 Å². The Hall–Kier alpha value is -1.89. The minimum absolute atomic E-state index is 0.111. The molecule has 0 aliphatic heterocycles. The third kappa shape index (κ3) is 5.59. The van der Waals surface area contributed by atoms with Crippen LogP contribution in [-0.2, 0) is 4.79 Å². The van der Waals surface area contributed by atoms with Crippen molar-refractivity contribution in [2.24, 2.45) is 0 Å². The predicted octanol–water partition coefficient (Wildman–Crippen LogP) is 5.38. The molecule has 0 radical (unpaired) electrons. The first-order valence-corrected chi connectivity index (χ1v) is 11.9. The Kier molecular flexibility index (Phi) is 7.70. The Bertz CT molecular complexity index is 948. The highest BCUT2D eigenvalue weighted by Crippen LogP contribution is 2.31. The predicted molar refractivity (Wildman–Crippen MR) is 126 cm³/mol. The summed E-state index contributed by atoms with van der Waals surface area (Å²) in [6, 6.07) is 14.5. The summed E-state index contributed by atoms with van der Waals surface area (Å²) < 4.78 is 1.13. The smallest absolute Gasteiger partial charge is 0.239 e. The number of aromatic nitrogens is 1. The van der Waals surface area contributed by atoms with Crippen molar-refractivity contribution in [1.82, 2.24) is 9.88 Å². The molecule has 6 heteroatoms. The number of rotatable bonds is 9. The Morgan fingerprint density at radius 2 is 1.76 bits per heavy atom. The molecule has 3 aromatic rings. The number of aryl methyl sites for hydroxylation is 2. The van der Waals surface area contributed by atoms with Gasteiger partial charge in [-0.3, -0.25) is 9.69 Å². The second-order valence-corrected chi connectivity index (χ2v) is 9.15. The van der Waals surface area contributed by atoms with Gasteiger partial charge in [-0.25, -0.2) is 4.98 Å². The number of carbonyl (C=O) groups excluding carboxylic acids is 1. The maximum absolute atomic E-state index is 13.2. The molecule has 0 saturated carbocycles. The van der Waals surface area contributed by atoms with E-state index < -0.39 is 0 Å². The van der Waals surface area contributed by atoms with Gasteiger partial charge in [0, 0.05) is 18.0 Å². The van der Waals surface area contributed by atoms with Crippen LogP contribution in [0.1, 0.15) is 25.0 Å². The van der Waals surface area contributed by atoms with Crippen LogP contribution in [0.15, 0.2) is 47.4 Å². The first-order valence-electron chi connectivity index (χ1n) is 10.1. The number of carbonyl (C=O) groups is 1. The van der Waals surface area contributed by atoms with Gasteiger partial charge in [0.15, 0.2) is 5.13 Å². The SMILES string of the molecule is CCN(CC)CCN(C(=O)CSc1ccc(C)cc1)c1nc2c(C)cccc2s1. The van der Waals surface area contributed by atoms with E-state index in [0.717, 1.165) is 45.4 Å². The largest absolute Gasteiger partial charge is 0.302 e. The van der Waals surface area contributed by atoms with E-state index in [1.54, 1.807) is 23.1 Å². The summed E-state index contributed by atoms with van der Waals surface area (Å²) in [4.78, 5) is 23.3. The topological polar surface area (TPSA) is 36.4 Å². The van der Waals surface area contributed by atoms with Crippen molar-refractivity contribution in [3.05, 3.63) is 53.6 Å². The summed E-state index contributed by atoms with van der Waals surface area (Å²) in [5.41, 5.74) is 3.38. The molecule has 2 aromatic carbocycles. The van der Waals surface area contributed by atoms with Gasteiger partial charge in [-0.05, 0) is 50.7 Å². The van der Waals surface area contributed by atoms with Gasteiger partial charge >= 0.3 is 0 Å². The van der Waals surface area contributed by atoms with Crippen molar-refractivity contribution in [3.8, 4) is 0 Å². The van der Waals surface area contributed by atoms with Gasteiger partial charge in [0.05, 0.1) is 16.0 Å². The zero-order valence-electron chi connectivity index (χ0n) is 17.6. The number of amides is 1. The number of thiazole rings is 1. The molecule has 0 aliphatic carbocycles. The van der Waals surface area contributed by atoms with E-state index in [2.05, 4.69) is 75.1 Å². The first kappa shape index (κ1) is 21.8. The van der Waals surface area contributed by atoms with Gasteiger partial charge in [0.1, 0.15) is 0 Å². The lowest BCUT2D eigenvalue weighted by Gasteiger charge is -2.24. The molecule has 0 aliphatic rings. The van der Waals surface area contributed by atoms with Crippen LogP contribution in [-0.4, -0.2) is 47.7 Å². The molecule has 0 N–H and O–H groups in total. The molecule has 1 amide bonds. The fourth-order valence-electron chi connectivity index (χ4n) is 3.16. The number of fused-ring (bicyclic) bond motifs is 1. The lowest BCUT2D eigenvalue weighted by Crippen LogP contribution is -2.39. The van der Waals surface area contributed by atoms with Crippen LogP contribution in [0.3, 0.4) is 0 Å². The standard InChI is InChI=1S/C23H29N3OS2/c1-5-25(6-2)14-15-26(21(27)16-28-19-12-10-17(3)11-13-19)23-24-22-18(4)8-7-9-20(22)29-23/h7-13H,5-6,14-16H2,1-4H3. The third-order valence-electron chi connectivity index (χ3n) is 5.06. The third-order valence-corrected chi connectivity index (χ3v) is 7.10. The molecule has 29 heavy (non-hydrogen) atoms. The van der Waals surface area contributed by atoms with E-state index in [1.165, 1.54) is 5.56 Å². The molecule has 0 atom stereocenters. The summed E-state index contributed by atoms with van der Waals surface area (Å²) in [7, 11) is 0. The monoisotopic (exact) mass is 427 g/mol. The molecule has 0 spiro atoms. The van der Waals surface area contributed by atoms with E-state index >= 15 is 0 Å². The average Bonchev–Trinajstić information content (AvgIpc) is 3.16. The second kappa shape index (κ2) is 10.2. The summed E-state index contributed by atoms with van der Waals surface area (Å²) >= 11 is 3.19. The maximum Gasteiger partial charge on any atom is 0.239 e. The van der Waals surface area contributed by atoms with E-state index in [4.69, 9.17) is 4.98 Å². The molecule has 1 heterocycles. The Balaban J connectivity index is 1.79. The minimum atomic E-state index is 0.111. The Morgan fingerprint density at radius 3 is 2.41 bits per heavy atom. The molecule has 0 fully saturated rings. The summed E-state index contributed by atoms with van der Waals surface area (Å²) in [6.07, 6.45) is 0. The number of hydrogen-bond donors (Lipinski definition) is 0. The number of para-hydroxylation sites is 1. The molecular weight excluding hydrogens is 398 g/mol. The lowest BCUT2D eigenvalue weighted by atomic mass is 10.2. The highest BCUT2D eigenvalue weighted by molar-refractivity contribution is 8.00. The molecular formula is C23H29N3OS2. The van der Waals surface area contributed by atoms with E-state index in [-0.39, 0.29) is 5.91 Å². The number of benzene rings is 2. The van der Waals surface area contributed by atoms with Crippen molar-refractivity contribution in [2.45, 2.75) is 32.6 Å². The highest BCUT2D eigenvalue weighted by Gasteiger charge is 2.21. The molecule has 1 aromatic heterocycles. The molecule has 154 valence electrons. The minimum Gasteiger partial charge on any atom is -0.302 e. The van der Waals surface area contributed by atoms with Crippen molar-refractivity contribution < 1.29 is 4.79 Å². The Labute approximate surface area is 181 Å². The van der Waals surface area contributed by atoms with Gasteiger partial charge in [-0.15, -0.1) is 11.8 Å². The number of anilines is 1. The zero-order chi connectivity index (χ0) is 20.8. The maximum atomic E-state index is 13.2. The van der Waals surface area contributed by atoms with Crippen LogP contribution in [0, 0.1) is 13.8 Å². The molecule has 0 saturated heterocycles. The zero-order valence-corrected chi connectivity index (χ0v) is 19.3. The fraction of sp³-hybridized carbons (Fsp3) is 0.391. The fourth-order valence-corrected chi connectivity index (χ4v) is 5.02. The normalized spacial score (nSPS) is 11.3. The van der Waals surface area contributed by atoms with Crippen LogP contribution in [0.25, 0.3) is 10.2 Å². The molecule has 0 bridgehead atoms. The van der Waals surface area contributed by atoms with E-state index in [1.807, 2.05) is 4.90 Å². The summed E-state index contributed by atoms with van der Waals surface area (Å²) in [6.45, 7) is 11.9. The van der Waals surface area contributed by atoms with Crippen LogP contribution < -0.4 is 4.90 Å².